The lowest BCUT2D eigenvalue weighted by atomic mass is 9.99. The Bertz CT molecular complexity index is 1890. The average Bonchev–Trinajstić information content (AvgIpc) is 1.73. The van der Waals surface area contributed by atoms with Crippen molar-refractivity contribution in [1.82, 2.24) is 0 Å². The number of carbonyl (C=O) groups excluding carboxylic acids is 4. The second-order valence-corrected chi connectivity index (χ2v) is 32.3. The number of phosphoric ester groups is 2. The van der Waals surface area contributed by atoms with Gasteiger partial charge in [0.1, 0.15) is 19.3 Å². The summed E-state index contributed by atoms with van der Waals surface area (Å²) in [7, 11) is -9.91. The minimum atomic E-state index is -4.96. The third kappa shape index (κ3) is 69.2. The molecule has 17 nitrogen and oxygen atoms in total. The van der Waals surface area contributed by atoms with E-state index in [2.05, 4.69) is 55.4 Å². The van der Waals surface area contributed by atoms with Crippen molar-refractivity contribution >= 4 is 39.5 Å². The summed E-state index contributed by atoms with van der Waals surface area (Å²) in [6, 6.07) is 0. The van der Waals surface area contributed by atoms with Gasteiger partial charge in [0.25, 0.3) is 0 Å². The number of unbranched alkanes of at least 4 members (excludes halogenated alkanes) is 39. The summed E-state index contributed by atoms with van der Waals surface area (Å²) in [4.78, 5) is 72.8. The highest BCUT2D eigenvalue weighted by Gasteiger charge is 2.30. The molecule has 0 aromatic rings. The Morgan fingerprint density at radius 1 is 0.292 bits per heavy atom. The highest BCUT2D eigenvalue weighted by atomic mass is 31.2. The summed E-state index contributed by atoms with van der Waals surface area (Å²) in [5.41, 5.74) is 0. The molecule has 0 spiro atoms. The fraction of sp³-hybridized carbons (Fsp3) is 0.948. The van der Waals surface area contributed by atoms with E-state index >= 15 is 0 Å². The predicted octanol–water partition coefficient (Wildman–Crippen LogP) is 22.4. The second kappa shape index (κ2) is 66.3. The first-order valence-electron chi connectivity index (χ1n) is 39.7. The van der Waals surface area contributed by atoms with Gasteiger partial charge in [-0.2, -0.15) is 0 Å². The van der Waals surface area contributed by atoms with Crippen LogP contribution in [0.5, 0.6) is 0 Å². The molecule has 0 aliphatic rings. The van der Waals surface area contributed by atoms with Crippen molar-refractivity contribution in [3.8, 4) is 0 Å². The first kappa shape index (κ1) is 94.1. The fourth-order valence-corrected chi connectivity index (χ4v) is 13.3. The van der Waals surface area contributed by atoms with Crippen LogP contribution in [0.25, 0.3) is 0 Å². The molecule has 0 rings (SSSR count). The second-order valence-electron chi connectivity index (χ2n) is 29.4. The van der Waals surface area contributed by atoms with Gasteiger partial charge in [0, 0.05) is 25.7 Å². The predicted molar refractivity (Wildman–Crippen MR) is 391 cm³/mol. The summed E-state index contributed by atoms with van der Waals surface area (Å²) in [6.07, 6.45) is 51.4. The van der Waals surface area contributed by atoms with Crippen molar-refractivity contribution in [2.75, 3.05) is 39.6 Å². The van der Waals surface area contributed by atoms with Crippen LogP contribution < -0.4 is 0 Å². The van der Waals surface area contributed by atoms with Crippen LogP contribution in [0.2, 0.25) is 0 Å². The van der Waals surface area contributed by atoms with Crippen LogP contribution >= 0.6 is 15.6 Å². The first-order chi connectivity index (χ1) is 46.1. The van der Waals surface area contributed by atoms with Crippen LogP contribution in [0, 0.1) is 23.7 Å². The maximum absolute atomic E-state index is 13.1. The first-order valence-corrected chi connectivity index (χ1v) is 42.7. The third-order valence-corrected chi connectivity index (χ3v) is 20.1. The zero-order valence-corrected chi connectivity index (χ0v) is 64.8. The topological polar surface area (TPSA) is 237 Å². The largest absolute Gasteiger partial charge is 0.472 e. The molecule has 0 aromatic heterocycles. The average molecular weight is 1410 g/mol. The van der Waals surface area contributed by atoms with Crippen LogP contribution in [0.4, 0.5) is 0 Å². The van der Waals surface area contributed by atoms with Crippen molar-refractivity contribution in [3.63, 3.8) is 0 Å². The van der Waals surface area contributed by atoms with Gasteiger partial charge < -0.3 is 33.8 Å². The van der Waals surface area contributed by atoms with E-state index in [1.807, 2.05) is 0 Å². The van der Waals surface area contributed by atoms with Crippen molar-refractivity contribution in [2.24, 2.45) is 23.7 Å². The number of ether oxygens (including phenoxy) is 4. The SMILES string of the molecule is CCC(C)CCCCCCCCCCCCC(=O)O[C@H](COC(=O)CCCCCCCCC(C)C)COP(=O)(O)OC[C@H](O)COP(=O)(O)OC[C@@H](COC(=O)CCCCCCCCCCCCCCCC(C)C)OC(=O)CCCCCCCCCCCCCCCCC(C)C. The Hall–Kier alpha value is -1.94. The number of hydrogen-bond donors (Lipinski definition) is 3. The molecule has 0 amide bonds. The molecule has 0 fully saturated rings. The molecule has 0 aromatic carbocycles. The Kier molecular flexibility index (Phi) is 65.0. The van der Waals surface area contributed by atoms with Gasteiger partial charge in [-0.25, -0.2) is 9.13 Å². The molecule has 3 N–H and O–H groups in total. The monoisotopic (exact) mass is 1410 g/mol. The normalized spacial score (nSPS) is 14.4. The standard InChI is InChI=1S/C77H150O17P2/c1-9-70(8)56-48-40-31-25-21-22-28-34-44-52-60-77(82)94-73(64-88-75(80)58-50-42-36-35-39-47-55-69(6)7)66-92-96(85,86)90-62-71(78)61-89-95(83,84)91-65-72(63-87-74(79)57-49-41-32-26-19-16-12-14-18-24-30-38-46-54-68(4)5)93-76(81)59-51-43-33-27-20-15-11-10-13-17-23-29-37-45-53-67(2)3/h67-73,78H,9-66H2,1-8H3,(H,83,84)(H,85,86)/t70?,71-,72-,73-/m1/s1. The lowest BCUT2D eigenvalue weighted by molar-refractivity contribution is -0.161. The summed E-state index contributed by atoms with van der Waals surface area (Å²) in [6.45, 7) is 14.2. The molecule has 0 saturated carbocycles. The van der Waals surface area contributed by atoms with Crippen molar-refractivity contribution in [1.29, 1.82) is 0 Å². The smallest absolute Gasteiger partial charge is 0.462 e. The van der Waals surface area contributed by atoms with Crippen LogP contribution in [0.3, 0.4) is 0 Å². The number of esters is 4. The van der Waals surface area contributed by atoms with E-state index in [0.717, 1.165) is 114 Å². The van der Waals surface area contributed by atoms with E-state index in [9.17, 15) is 43.2 Å². The van der Waals surface area contributed by atoms with Gasteiger partial charge in [-0.05, 0) is 49.4 Å². The minimum Gasteiger partial charge on any atom is -0.462 e. The molecule has 96 heavy (non-hydrogen) atoms. The number of hydrogen-bond acceptors (Lipinski definition) is 15. The molecule has 19 heteroatoms. The van der Waals surface area contributed by atoms with E-state index in [4.69, 9.17) is 37.0 Å². The highest BCUT2D eigenvalue weighted by Crippen LogP contribution is 2.45. The number of aliphatic hydroxyl groups is 1. The van der Waals surface area contributed by atoms with Gasteiger partial charge in [0.05, 0.1) is 26.4 Å². The van der Waals surface area contributed by atoms with Crippen LogP contribution in [-0.2, 0) is 65.4 Å². The summed E-state index contributed by atoms with van der Waals surface area (Å²) < 4.78 is 68.6. The lowest BCUT2D eigenvalue weighted by Crippen LogP contribution is -2.30. The zero-order chi connectivity index (χ0) is 71.0. The molecule has 0 radical (unpaired) electrons. The molecule has 0 aliphatic heterocycles. The van der Waals surface area contributed by atoms with Gasteiger partial charge >= 0.3 is 39.5 Å². The zero-order valence-electron chi connectivity index (χ0n) is 63.0. The third-order valence-electron chi connectivity index (χ3n) is 18.2. The number of aliphatic hydroxyl groups excluding tert-OH is 1. The van der Waals surface area contributed by atoms with Crippen LogP contribution in [-0.4, -0.2) is 96.7 Å². The highest BCUT2D eigenvalue weighted by molar-refractivity contribution is 7.47. The number of rotatable bonds is 74. The maximum atomic E-state index is 13.1. The number of phosphoric acid groups is 2. The molecule has 570 valence electrons. The fourth-order valence-electron chi connectivity index (χ4n) is 11.7. The molecule has 0 heterocycles. The van der Waals surface area contributed by atoms with Crippen LogP contribution in [0.15, 0.2) is 0 Å². The lowest BCUT2D eigenvalue weighted by Gasteiger charge is -2.21. The van der Waals surface area contributed by atoms with Gasteiger partial charge in [-0.1, -0.05) is 338 Å². The summed E-state index contributed by atoms with van der Waals surface area (Å²) >= 11 is 0. The van der Waals surface area contributed by atoms with Gasteiger partial charge in [0.2, 0.25) is 0 Å². The summed E-state index contributed by atoms with van der Waals surface area (Å²) in [5, 5.41) is 10.6. The van der Waals surface area contributed by atoms with Crippen molar-refractivity contribution in [2.45, 2.75) is 408 Å². The molecule has 6 atom stereocenters. The van der Waals surface area contributed by atoms with Crippen molar-refractivity contribution in [3.05, 3.63) is 0 Å². The number of carbonyl (C=O) groups is 4. The van der Waals surface area contributed by atoms with Gasteiger partial charge in [-0.15, -0.1) is 0 Å². The molecular weight excluding hydrogens is 1260 g/mol. The van der Waals surface area contributed by atoms with E-state index in [1.54, 1.807) is 0 Å². The van der Waals surface area contributed by atoms with Crippen LogP contribution in [0.1, 0.15) is 389 Å². The summed E-state index contributed by atoms with van der Waals surface area (Å²) in [5.74, 6) is 0.948. The van der Waals surface area contributed by atoms with Gasteiger partial charge in [-0.3, -0.25) is 37.3 Å². The van der Waals surface area contributed by atoms with Crippen molar-refractivity contribution < 1.29 is 80.2 Å². The van der Waals surface area contributed by atoms with E-state index in [0.29, 0.717) is 31.6 Å². The Morgan fingerprint density at radius 3 is 0.740 bits per heavy atom. The van der Waals surface area contributed by atoms with E-state index in [-0.39, 0.29) is 25.7 Å². The quantitative estimate of drug-likeness (QED) is 0.0222. The Morgan fingerprint density at radius 2 is 0.500 bits per heavy atom. The van der Waals surface area contributed by atoms with E-state index in [1.165, 1.54) is 186 Å². The molecular formula is C77H150O17P2. The van der Waals surface area contributed by atoms with E-state index < -0.39 is 97.5 Å². The Labute approximate surface area is 588 Å². The molecule has 0 bridgehead atoms. The minimum absolute atomic E-state index is 0.105. The maximum Gasteiger partial charge on any atom is 0.472 e. The molecule has 0 saturated heterocycles. The molecule has 0 aliphatic carbocycles. The van der Waals surface area contributed by atoms with Gasteiger partial charge in [0.15, 0.2) is 12.2 Å². The molecule has 3 unspecified atom stereocenters. The Balaban J connectivity index is 5.25.